The Morgan fingerprint density at radius 2 is 1.66 bits per heavy atom. The van der Waals surface area contributed by atoms with E-state index in [1.807, 2.05) is 46.4 Å². The second-order valence-corrected chi connectivity index (χ2v) is 13.8. The Labute approximate surface area is 246 Å². The largest absolute Gasteiger partial charge is 0.444 e. The molecule has 2 amide bonds. The molecule has 1 atom stereocenters. The van der Waals surface area contributed by atoms with Gasteiger partial charge in [-0.2, -0.15) is 0 Å². The number of unbranched alkanes of at least 4 members (excludes halogenated alkanes) is 2. The minimum Gasteiger partial charge on any atom is -0.444 e. The van der Waals surface area contributed by atoms with Gasteiger partial charge in [0.25, 0.3) is 0 Å². The molecule has 1 aromatic rings. The first-order valence-corrected chi connectivity index (χ1v) is 15.7. The molecular weight excluding hydrogens is 520 g/mol. The maximum atomic E-state index is 12.8. The Kier molecular flexibility index (Phi) is 10.6. The maximum Gasteiger partial charge on any atom is 0.416 e. The van der Waals surface area contributed by atoms with Gasteiger partial charge in [0.15, 0.2) is 0 Å². The molecule has 0 spiro atoms. The van der Waals surface area contributed by atoms with E-state index in [1.54, 1.807) is 4.90 Å². The van der Waals surface area contributed by atoms with Crippen LogP contribution in [0.25, 0.3) is 0 Å². The monoisotopic (exact) mass is 572 g/mol. The van der Waals surface area contributed by atoms with Crippen LogP contribution in [0.5, 0.6) is 0 Å². The molecule has 2 aliphatic heterocycles. The second kappa shape index (κ2) is 13.7. The van der Waals surface area contributed by atoms with Crippen LogP contribution in [-0.4, -0.2) is 89.6 Å². The van der Waals surface area contributed by atoms with E-state index >= 15 is 0 Å². The van der Waals surface area contributed by atoms with E-state index < -0.39 is 11.2 Å². The fourth-order valence-electron chi connectivity index (χ4n) is 5.49. The van der Waals surface area contributed by atoms with Gasteiger partial charge >= 0.3 is 12.2 Å². The van der Waals surface area contributed by atoms with Gasteiger partial charge in [-0.1, -0.05) is 12.5 Å². The van der Waals surface area contributed by atoms with Crippen molar-refractivity contribution < 1.29 is 23.8 Å². The second-order valence-electron chi connectivity index (χ2n) is 13.8. The molecule has 4 rings (SSSR count). The van der Waals surface area contributed by atoms with Crippen molar-refractivity contribution in [2.45, 2.75) is 123 Å². The van der Waals surface area contributed by atoms with Gasteiger partial charge < -0.3 is 19.1 Å². The van der Waals surface area contributed by atoms with Crippen molar-refractivity contribution in [3.05, 3.63) is 23.4 Å². The van der Waals surface area contributed by atoms with Crippen molar-refractivity contribution in [3.63, 3.8) is 0 Å². The Bertz CT molecular complexity index is 1030. The van der Waals surface area contributed by atoms with Crippen LogP contribution < -0.4 is 4.90 Å². The molecule has 1 saturated carbocycles. The van der Waals surface area contributed by atoms with E-state index in [4.69, 9.17) is 19.2 Å². The molecule has 3 heterocycles. The maximum absolute atomic E-state index is 12.8. The molecule has 9 heteroatoms. The van der Waals surface area contributed by atoms with Crippen molar-refractivity contribution in [3.8, 4) is 0 Å². The Morgan fingerprint density at radius 1 is 0.927 bits per heavy atom. The lowest BCUT2D eigenvalue weighted by Gasteiger charge is -2.31. The number of aryl methyl sites for hydroxylation is 2. The lowest BCUT2D eigenvalue weighted by molar-refractivity contribution is 0.0271. The number of nitrogens with zero attached hydrogens (tertiary/aromatic N) is 4. The summed E-state index contributed by atoms with van der Waals surface area (Å²) in [6.07, 6.45) is 9.23. The highest BCUT2D eigenvalue weighted by Crippen LogP contribution is 2.28. The average molecular weight is 573 g/mol. The summed E-state index contributed by atoms with van der Waals surface area (Å²) in [4.78, 5) is 36.4. The van der Waals surface area contributed by atoms with Crippen LogP contribution in [0.2, 0.25) is 0 Å². The van der Waals surface area contributed by atoms with E-state index in [0.717, 1.165) is 88.3 Å². The minimum atomic E-state index is -0.531. The third-order valence-electron chi connectivity index (χ3n) is 7.68. The van der Waals surface area contributed by atoms with Gasteiger partial charge in [0.1, 0.15) is 17.0 Å². The van der Waals surface area contributed by atoms with Crippen LogP contribution in [0.15, 0.2) is 12.1 Å². The number of aromatic nitrogens is 1. The zero-order valence-corrected chi connectivity index (χ0v) is 26.2. The number of fused-ring (bicyclic) bond motifs is 1. The van der Waals surface area contributed by atoms with E-state index in [0.29, 0.717) is 25.2 Å². The van der Waals surface area contributed by atoms with E-state index in [-0.39, 0.29) is 12.2 Å². The van der Waals surface area contributed by atoms with Crippen LogP contribution >= 0.6 is 0 Å². The van der Waals surface area contributed by atoms with Gasteiger partial charge in [0.05, 0.1) is 12.7 Å². The number of carbonyl (C=O) groups is 2. The van der Waals surface area contributed by atoms with Crippen molar-refractivity contribution in [2.75, 3.05) is 44.2 Å². The summed E-state index contributed by atoms with van der Waals surface area (Å²) >= 11 is 0. The normalized spacial score (nSPS) is 19.4. The number of hydrogen-bond acceptors (Lipinski definition) is 7. The summed E-state index contributed by atoms with van der Waals surface area (Å²) in [5.74, 6) is 0.764. The van der Waals surface area contributed by atoms with Crippen LogP contribution in [0.1, 0.15) is 97.7 Å². The first kappa shape index (κ1) is 31.5. The fraction of sp³-hybridized carbons (Fsp3) is 0.781. The molecule has 1 saturated heterocycles. The van der Waals surface area contributed by atoms with Crippen molar-refractivity contribution in [1.29, 1.82) is 0 Å². The third kappa shape index (κ3) is 10.1. The lowest BCUT2D eigenvalue weighted by atomic mass is 10.0. The van der Waals surface area contributed by atoms with Crippen LogP contribution in [-0.2, 0) is 27.1 Å². The minimum absolute atomic E-state index is 0.211. The molecule has 0 unspecified atom stereocenters. The molecule has 0 aromatic carbocycles. The Balaban J connectivity index is 1.26. The predicted molar refractivity (Wildman–Crippen MR) is 160 cm³/mol. The Hall–Kier alpha value is -2.39. The quantitative estimate of drug-likeness (QED) is 0.302. The highest BCUT2D eigenvalue weighted by atomic mass is 16.6. The summed E-state index contributed by atoms with van der Waals surface area (Å²) in [5.41, 5.74) is 1.13. The van der Waals surface area contributed by atoms with Gasteiger partial charge in [-0.15, -0.1) is 0 Å². The number of ether oxygens (including phenoxy) is 3. The molecule has 0 radical (unpaired) electrons. The number of hydrogen-bond donors (Lipinski definition) is 0. The van der Waals surface area contributed by atoms with Gasteiger partial charge in [-0.05, 0) is 111 Å². The summed E-state index contributed by atoms with van der Waals surface area (Å²) in [5, 5.41) is 0. The summed E-state index contributed by atoms with van der Waals surface area (Å²) in [6, 6.07) is 4.58. The standard InChI is InChI=1S/C32H52N4O5/c1-31(2,3)40-29(37)35-20-17-26(23-35)34(21-22-39-27-15-16-27)18-9-7-8-12-25-14-13-24-11-10-19-36(28(24)33-25)30(38)41-32(4,5)6/h13-14,26-27H,7-12,15-23H2,1-6H3/t26-/m1/s1. The number of anilines is 1. The van der Waals surface area contributed by atoms with Gasteiger partial charge in [-0.3, -0.25) is 9.80 Å². The van der Waals surface area contributed by atoms with Crippen molar-refractivity contribution in [1.82, 2.24) is 14.8 Å². The highest BCUT2D eigenvalue weighted by molar-refractivity contribution is 5.88. The fourth-order valence-corrected chi connectivity index (χ4v) is 5.49. The number of rotatable bonds is 11. The zero-order valence-electron chi connectivity index (χ0n) is 26.2. The topological polar surface area (TPSA) is 84.4 Å². The smallest absolute Gasteiger partial charge is 0.416 e. The third-order valence-corrected chi connectivity index (χ3v) is 7.68. The molecule has 0 bridgehead atoms. The molecule has 2 fully saturated rings. The molecule has 1 aliphatic carbocycles. The molecular formula is C32H52N4O5. The summed E-state index contributed by atoms with van der Waals surface area (Å²) < 4.78 is 17.2. The van der Waals surface area contributed by atoms with Crippen molar-refractivity contribution >= 4 is 18.0 Å². The molecule has 1 aromatic heterocycles. The number of pyridine rings is 1. The molecule has 3 aliphatic rings. The van der Waals surface area contributed by atoms with Crippen LogP contribution in [0.3, 0.4) is 0 Å². The molecule has 0 N–H and O–H groups in total. The Morgan fingerprint density at radius 3 is 2.37 bits per heavy atom. The molecule has 41 heavy (non-hydrogen) atoms. The van der Waals surface area contributed by atoms with E-state index in [1.165, 1.54) is 12.8 Å². The van der Waals surface area contributed by atoms with Crippen LogP contribution in [0, 0.1) is 0 Å². The van der Waals surface area contributed by atoms with Gasteiger partial charge in [0.2, 0.25) is 0 Å². The summed E-state index contributed by atoms with van der Waals surface area (Å²) in [7, 11) is 0. The lowest BCUT2D eigenvalue weighted by Crippen LogP contribution is -2.42. The van der Waals surface area contributed by atoms with Crippen LogP contribution in [0.4, 0.5) is 15.4 Å². The van der Waals surface area contributed by atoms with Gasteiger partial charge in [-0.25, -0.2) is 14.6 Å². The van der Waals surface area contributed by atoms with Gasteiger partial charge in [0, 0.05) is 37.9 Å². The number of carbonyl (C=O) groups excluding carboxylic acids is 2. The number of amides is 2. The number of likely N-dealkylation sites (tertiary alicyclic amines) is 1. The predicted octanol–water partition coefficient (Wildman–Crippen LogP) is 5.97. The first-order chi connectivity index (χ1) is 19.4. The summed E-state index contributed by atoms with van der Waals surface area (Å²) in [6.45, 7) is 16.2. The molecule has 230 valence electrons. The average Bonchev–Trinajstić information content (AvgIpc) is 3.57. The molecule has 9 nitrogen and oxygen atoms in total. The SMILES string of the molecule is CC(C)(C)OC(=O)N1CC[C@@H](N(CCCCCc2ccc3c(n2)N(C(=O)OC(C)(C)C)CCC3)CCOC2CC2)C1. The van der Waals surface area contributed by atoms with E-state index in [2.05, 4.69) is 17.0 Å². The van der Waals surface area contributed by atoms with Crippen molar-refractivity contribution in [2.24, 2.45) is 0 Å². The first-order valence-electron chi connectivity index (χ1n) is 15.7. The highest BCUT2D eigenvalue weighted by Gasteiger charge is 2.33. The zero-order chi connectivity index (χ0) is 29.6. The van der Waals surface area contributed by atoms with E-state index in [9.17, 15) is 9.59 Å².